The molecule has 0 saturated heterocycles. The molecule has 0 aromatic carbocycles. The van der Waals surface area contributed by atoms with Crippen LogP contribution in [0.25, 0.3) is 0 Å². The Kier molecular flexibility index (Phi) is 2.12. The first-order valence-corrected chi connectivity index (χ1v) is 5.42. The van der Waals surface area contributed by atoms with Crippen LogP contribution in [-0.4, -0.2) is 38.9 Å². The van der Waals surface area contributed by atoms with Crippen LogP contribution in [-0.2, 0) is 22.7 Å². The molecule has 2 aliphatic heterocycles. The number of amides is 1. The predicted molar refractivity (Wildman–Crippen MR) is 59.7 cm³/mol. The van der Waals surface area contributed by atoms with Gasteiger partial charge >= 0.3 is 11.7 Å². The van der Waals surface area contributed by atoms with Crippen LogP contribution in [0.15, 0.2) is 9.79 Å². The summed E-state index contributed by atoms with van der Waals surface area (Å²) in [7, 11) is 0. The number of hydrogen-bond acceptors (Lipinski definition) is 4. The molecule has 1 amide bonds. The number of carboxylic acids is 1. The van der Waals surface area contributed by atoms with Crippen molar-refractivity contribution in [1.82, 2.24) is 14.5 Å². The standard InChI is InChI=1S/C10H10N4O4/c15-7-3-14-9-5(12-7)1-11-2-6(9)13(10(14)18)4-8(16)17/h2,5H,1,3-4H2,(H,12,15)(H,16,17). The fraction of sp³-hybridized carbons (Fsp3) is 0.400. The van der Waals surface area contributed by atoms with Crippen molar-refractivity contribution < 1.29 is 14.7 Å². The van der Waals surface area contributed by atoms with Crippen LogP contribution in [0.2, 0.25) is 0 Å². The van der Waals surface area contributed by atoms with Gasteiger partial charge in [0.1, 0.15) is 13.1 Å². The highest BCUT2D eigenvalue weighted by molar-refractivity contribution is 5.85. The lowest BCUT2D eigenvalue weighted by atomic mass is 10.1. The number of nitrogens with zero attached hydrogens (tertiary/aromatic N) is 3. The number of carboxylic acid groups (broad SMARTS) is 1. The average Bonchev–Trinajstić information content (AvgIpc) is 2.56. The quantitative estimate of drug-likeness (QED) is 0.655. The van der Waals surface area contributed by atoms with Crippen LogP contribution in [0.3, 0.4) is 0 Å². The summed E-state index contributed by atoms with van der Waals surface area (Å²) < 4.78 is 2.46. The Morgan fingerprint density at radius 3 is 3.06 bits per heavy atom. The van der Waals surface area contributed by atoms with Gasteiger partial charge in [-0.2, -0.15) is 0 Å². The smallest absolute Gasteiger partial charge is 0.329 e. The maximum absolute atomic E-state index is 12.1. The lowest BCUT2D eigenvalue weighted by molar-refractivity contribution is -0.137. The topological polar surface area (TPSA) is 106 Å². The van der Waals surface area contributed by atoms with Gasteiger partial charge in [-0.15, -0.1) is 0 Å². The average molecular weight is 250 g/mol. The van der Waals surface area contributed by atoms with E-state index in [9.17, 15) is 14.4 Å². The van der Waals surface area contributed by atoms with Gasteiger partial charge in [-0.25, -0.2) is 4.79 Å². The molecule has 1 atom stereocenters. The molecule has 18 heavy (non-hydrogen) atoms. The first-order chi connectivity index (χ1) is 8.58. The highest BCUT2D eigenvalue weighted by Crippen LogP contribution is 2.23. The number of carbonyl (C=O) groups excluding carboxylic acids is 1. The zero-order valence-corrected chi connectivity index (χ0v) is 9.29. The SMILES string of the molecule is O=C(O)Cn1c2c3n(c1=O)CC(=O)NC3CN=C2. The van der Waals surface area contributed by atoms with E-state index in [4.69, 9.17) is 5.11 Å². The molecule has 3 heterocycles. The lowest BCUT2D eigenvalue weighted by Gasteiger charge is -2.26. The van der Waals surface area contributed by atoms with Gasteiger partial charge < -0.3 is 10.4 Å². The second-order valence-electron chi connectivity index (χ2n) is 4.23. The Bertz CT molecular complexity index is 639. The number of nitrogens with one attached hydrogen (secondary N) is 1. The molecule has 0 spiro atoms. The van der Waals surface area contributed by atoms with E-state index in [0.717, 1.165) is 4.57 Å². The van der Waals surface area contributed by atoms with Crippen molar-refractivity contribution in [1.29, 1.82) is 0 Å². The summed E-state index contributed by atoms with van der Waals surface area (Å²) in [5, 5.41) is 11.5. The van der Waals surface area contributed by atoms with Crippen molar-refractivity contribution in [3.05, 3.63) is 21.9 Å². The van der Waals surface area contributed by atoms with E-state index < -0.39 is 18.2 Å². The summed E-state index contributed by atoms with van der Waals surface area (Å²) in [5.74, 6) is -1.36. The third-order valence-corrected chi connectivity index (χ3v) is 3.07. The van der Waals surface area contributed by atoms with E-state index in [0.29, 0.717) is 17.9 Å². The fourth-order valence-corrected chi connectivity index (χ4v) is 2.40. The van der Waals surface area contributed by atoms with E-state index >= 15 is 0 Å². The Balaban J connectivity index is 2.24. The van der Waals surface area contributed by atoms with Crippen LogP contribution in [0.5, 0.6) is 0 Å². The van der Waals surface area contributed by atoms with Crippen molar-refractivity contribution in [2.75, 3.05) is 6.54 Å². The van der Waals surface area contributed by atoms with Crippen molar-refractivity contribution in [2.24, 2.45) is 4.99 Å². The Labute approximate surface area is 101 Å². The number of imidazole rings is 1. The van der Waals surface area contributed by atoms with Crippen LogP contribution in [0.1, 0.15) is 17.4 Å². The zero-order chi connectivity index (χ0) is 12.9. The summed E-state index contributed by atoms with van der Waals surface area (Å²) in [6.45, 7) is -0.130. The summed E-state index contributed by atoms with van der Waals surface area (Å²) in [4.78, 5) is 38.4. The normalized spacial score (nSPS) is 20.4. The molecule has 8 nitrogen and oxygen atoms in total. The van der Waals surface area contributed by atoms with Crippen LogP contribution >= 0.6 is 0 Å². The minimum absolute atomic E-state index is 0.0713. The molecule has 1 aromatic rings. The molecule has 0 radical (unpaired) electrons. The molecular weight excluding hydrogens is 240 g/mol. The maximum Gasteiger partial charge on any atom is 0.329 e. The minimum Gasteiger partial charge on any atom is -0.480 e. The zero-order valence-electron chi connectivity index (χ0n) is 9.29. The summed E-state index contributed by atoms with van der Waals surface area (Å²) >= 11 is 0. The molecule has 1 unspecified atom stereocenters. The van der Waals surface area contributed by atoms with Gasteiger partial charge in [-0.3, -0.25) is 23.7 Å². The Morgan fingerprint density at radius 1 is 1.56 bits per heavy atom. The lowest BCUT2D eigenvalue weighted by Crippen LogP contribution is -2.43. The Morgan fingerprint density at radius 2 is 2.33 bits per heavy atom. The van der Waals surface area contributed by atoms with Gasteiger partial charge in [0.25, 0.3) is 0 Å². The number of rotatable bonds is 2. The predicted octanol–water partition coefficient (Wildman–Crippen LogP) is -1.66. The number of aromatic nitrogens is 2. The molecule has 0 aliphatic carbocycles. The fourth-order valence-electron chi connectivity index (χ4n) is 2.40. The number of hydrogen-bond donors (Lipinski definition) is 2. The van der Waals surface area contributed by atoms with Crippen molar-refractivity contribution in [3.8, 4) is 0 Å². The summed E-state index contributed by atoms with van der Waals surface area (Å²) in [6, 6.07) is -0.339. The summed E-state index contributed by atoms with van der Waals surface area (Å²) in [5.41, 5.74) is 0.644. The molecule has 2 N–H and O–H groups in total. The maximum atomic E-state index is 12.1. The molecule has 8 heteroatoms. The van der Waals surface area contributed by atoms with Gasteiger partial charge in [-0.05, 0) is 0 Å². The summed E-state index contributed by atoms with van der Waals surface area (Å²) in [6.07, 6.45) is 1.49. The second kappa shape index (κ2) is 3.56. The third kappa shape index (κ3) is 1.38. The van der Waals surface area contributed by atoms with Crippen LogP contribution in [0.4, 0.5) is 0 Å². The van der Waals surface area contributed by atoms with Crippen molar-refractivity contribution in [2.45, 2.75) is 19.1 Å². The molecule has 94 valence electrons. The van der Waals surface area contributed by atoms with Crippen molar-refractivity contribution in [3.63, 3.8) is 0 Å². The minimum atomic E-state index is -1.11. The molecular formula is C10H10N4O4. The highest BCUT2D eigenvalue weighted by Gasteiger charge is 2.33. The van der Waals surface area contributed by atoms with E-state index in [-0.39, 0.29) is 18.5 Å². The molecule has 1 aromatic heterocycles. The molecule has 0 saturated carbocycles. The largest absolute Gasteiger partial charge is 0.480 e. The van der Waals surface area contributed by atoms with Gasteiger partial charge in [0, 0.05) is 6.21 Å². The van der Waals surface area contributed by atoms with E-state index in [1.165, 1.54) is 10.8 Å². The van der Waals surface area contributed by atoms with Gasteiger partial charge in [0.05, 0.1) is 24.0 Å². The van der Waals surface area contributed by atoms with E-state index in [2.05, 4.69) is 10.3 Å². The third-order valence-electron chi connectivity index (χ3n) is 3.07. The first kappa shape index (κ1) is 10.8. The van der Waals surface area contributed by atoms with Crippen LogP contribution < -0.4 is 11.0 Å². The van der Waals surface area contributed by atoms with E-state index in [1.807, 2.05) is 0 Å². The van der Waals surface area contributed by atoms with Gasteiger partial charge in [0.15, 0.2) is 0 Å². The molecule has 2 aliphatic rings. The number of carbonyl (C=O) groups is 2. The number of aliphatic carboxylic acids is 1. The molecule has 0 fully saturated rings. The first-order valence-electron chi connectivity index (χ1n) is 5.42. The monoisotopic (exact) mass is 250 g/mol. The number of aliphatic imine (C=N–C) groups is 1. The highest BCUT2D eigenvalue weighted by atomic mass is 16.4. The molecule has 0 bridgehead atoms. The van der Waals surface area contributed by atoms with Gasteiger partial charge in [0.2, 0.25) is 5.91 Å². The van der Waals surface area contributed by atoms with E-state index in [1.54, 1.807) is 0 Å². The van der Waals surface area contributed by atoms with Crippen LogP contribution in [0, 0.1) is 0 Å². The second-order valence-corrected chi connectivity index (χ2v) is 4.23. The van der Waals surface area contributed by atoms with Crippen molar-refractivity contribution >= 4 is 18.1 Å². The Hall–Kier alpha value is -2.38. The van der Waals surface area contributed by atoms with Gasteiger partial charge in [-0.1, -0.05) is 0 Å². The molecule has 3 rings (SSSR count).